The monoisotopic (exact) mass is 233 g/mol. The van der Waals surface area contributed by atoms with E-state index in [0.29, 0.717) is 5.56 Å². The summed E-state index contributed by atoms with van der Waals surface area (Å²) >= 11 is 0. The second-order valence-corrected chi connectivity index (χ2v) is 4.66. The minimum Gasteiger partial charge on any atom is -0.373 e. The molecule has 2 heterocycles. The lowest BCUT2D eigenvalue weighted by Gasteiger charge is -2.30. The molecule has 4 heteroatoms. The number of hydrogen-bond donors (Lipinski definition) is 1. The summed E-state index contributed by atoms with van der Waals surface area (Å²) in [6, 6.07) is 3.67. The second kappa shape index (κ2) is 5.17. The van der Waals surface area contributed by atoms with Gasteiger partial charge in [-0.1, -0.05) is 6.92 Å². The highest BCUT2D eigenvalue weighted by atomic mass is 16.2. The van der Waals surface area contributed by atoms with Gasteiger partial charge in [0.15, 0.2) is 0 Å². The summed E-state index contributed by atoms with van der Waals surface area (Å²) in [4.78, 5) is 18.3. The van der Waals surface area contributed by atoms with E-state index in [2.05, 4.69) is 17.2 Å². The summed E-state index contributed by atoms with van der Waals surface area (Å²) in [6.45, 7) is 3.98. The molecule has 0 unspecified atom stereocenters. The third-order valence-electron chi connectivity index (χ3n) is 3.34. The lowest BCUT2D eigenvalue weighted by atomic mass is 9.99. The molecule has 1 amide bonds. The number of aromatic nitrogens is 1. The average Bonchev–Trinajstić information content (AvgIpc) is 2.39. The standard InChI is InChI=1S/C13H19N3O/c1-10-5-7-16(8-6-10)13(17)11-3-4-12(14-2)15-9-11/h3-4,9-10H,5-8H2,1-2H3,(H,14,15). The van der Waals surface area contributed by atoms with Gasteiger partial charge in [0, 0.05) is 26.3 Å². The van der Waals surface area contributed by atoms with Crippen molar-refractivity contribution in [1.29, 1.82) is 0 Å². The number of pyridine rings is 1. The number of likely N-dealkylation sites (tertiary alicyclic amines) is 1. The molecule has 0 bridgehead atoms. The molecule has 1 aliphatic heterocycles. The third kappa shape index (κ3) is 2.75. The maximum absolute atomic E-state index is 12.2. The van der Waals surface area contributed by atoms with Gasteiger partial charge < -0.3 is 10.2 Å². The zero-order chi connectivity index (χ0) is 12.3. The van der Waals surface area contributed by atoms with Crippen LogP contribution in [0.4, 0.5) is 5.82 Å². The average molecular weight is 233 g/mol. The first-order chi connectivity index (χ1) is 8.20. The molecule has 1 saturated heterocycles. The first kappa shape index (κ1) is 11.9. The molecule has 1 aromatic rings. The Morgan fingerprint density at radius 1 is 1.41 bits per heavy atom. The SMILES string of the molecule is CNc1ccc(C(=O)N2CCC(C)CC2)cn1. The highest BCUT2D eigenvalue weighted by Crippen LogP contribution is 2.18. The van der Waals surface area contributed by atoms with E-state index in [9.17, 15) is 4.79 Å². The van der Waals surface area contributed by atoms with Gasteiger partial charge in [0.25, 0.3) is 5.91 Å². The fourth-order valence-corrected chi connectivity index (χ4v) is 2.06. The van der Waals surface area contributed by atoms with E-state index in [0.717, 1.165) is 37.7 Å². The smallest absolute Gasteiger partial charge is 0.255 e. The van der Waals surface area contributed by atoms with Crippen LogP contribution in [0.1, 0.15) is 30.1 Å². The van der Waals surface area contributed by atoms with Crippen molar-refractivity contribution in [2.45, 2.75) is 19.8 Å². The van der Waals surface area contributed by atoms with Gasteiger partial charge in [-0.3, -0.25) is 4.79 Å². The lowest BCUT2D eigenvalue weighted by Crippen LogP contribution is -2.37. The van der Waals surface area contributed by atoms with Crippen molar-refractivity contribution in [3.63, 3.8) is 0 Å². The number of nitrogens with zero attached hydrogens (tertiary/aromatic N) is 2. The Morgan fingerprint density at radius 3 is 2.65 bits per heavy atom. The molecule has 0 saturated carbocycles. The number of amides is 1. The molecule has 1 N–H and O–H groups in total. The van der Waals surface area contributed by atoms with Gasteiger partial charge in [-0.05, 0) is 30.9 Å². The van der Waals surface area contributed by atoms with E-state index >= 15 is 0 Å². The van der Waals surface area contributed by atoms with E-state index < -0.39 is 0 Å². The Hall–Kier alpha value is -1.58. The van der Waals surface area contributed by atoms with Crippen LogP contribution in [0, 0.1) is 5.92 Å². The number of carbonyl (C=O) groups excluding carboxylic acids is 1. The van der Waals surface area contributed by atoms with Crippen LogP contribution in [-0.4, -0.2) is 35.9 Å². The number of hydrogen-bond acceptors (Lipinski definition) is 3. The molecule has 1 fully saturated rings. The van der Waals surface area contributed by atoms with Gasteiger partial charge in [-0.25, -0.2) is 4.98 Å². The molecule has 17 heavy (non-hydrogen) atoms. The minimum absolute atomic E-state index is 0.104. The summed E-state index contributed by atoms with van der Waals surface area (Å²) in [7, 11) is 1.82. The molecule has 4 nitrogen and oxygen atoms in total. The van der Waals surface area contributed by atoms with Crippen LogP contribution in [0.2, 0.25) is 0 Å². The predicted molar refractivity (Wildman–Crippen MR) is 68.1 cm³/mol. The minimum atomic E-state index is 0.104. The molecule has 1 aromatic heterocycles. The van der Waals surface area contributed by atoms with Crippen molar-refractivity contribution in [1.82, 2.24) is 9.88 Å². The predicted octanol–water partition coefficient (Wildman–Crippen LogP) is 2.00. The van der Waals surface area contributed by atoms with Crippen LogP contribution in [0.5, 0.6) is 0 Å². The fourth-order valence-electron chi connectivity index (χ4n) is 2.06. The molecule has 0 aliphatic carbocycles. The van der Waals surface area contributed by atoms with E-state index in [1.807, 2.05) is 24.1 Å². The Bertz CT molecular complexity index is 380. The first-order valence-corrected chi connectivity index (χ1v) is 6.14. The number of nitrogens with one attached hydrogen (secondary N) is 1. The van der Waals surface area contributed by atoms with Crippen LogP contribution in [0.25, 0.3) is 0 Å². The molecular formula is C13H19N3O. The summed E-state index contributed by atoms with van der Waals surface area (Å²) in [5, 5.41) is 2.94. The normalized spacial score (nSPS) is 16.9. The van der Waals surface area contributed by atoms with E-state index in [-0.39, 0.29) is 5.91 Å². The Morgan fingerprint density at radius 2 is 2.12 bits per heavy atom. The van der Waals surface area contributed by atoms with Crippen LogP contribution < -0.4 is 5.32 Å². The van der Waals surface area contributed by atoms with Gasteiger partial charge in [0.1, 0.15) is 5.82 Å². The van der Waals surface area contributed by atoms with Crippen molar-refractivity contribution in [2.24, 2.45) is 5.92 Å². The largest absolute Gasteiger partial charge is 0.373 e. The van der Waals surface area contributed by atoms with Gasteiger partial charge >= 0.3 is 0 Å². The maximum atomic E-state index is 12.2. The highest BCUT2D eigenvalue weighted by molar-refractivity contribution is 5.94. The summed E-state index contributed by atoms with van der Waals surface area (Å²) in [5.74, 6) is 1.63. The lowest BCUT2D eigenvalue weighted by molar-refractivity contribution is 0.0697. The zero-order valence-corrected chi connectivity index (χ0v) is 10.4. The second-order valence-electron chi connectivity index (χ2n) is 4.66. The molecule has 0 spiro atoms. The molecule has 1 aliphatic rings. The number of piperidine rings is 1. The van der Waals surface area contributed by atoms with Crippen molar-refractivity contribution in [3.05, 3.63) is 23.9 Å². The van der Waals surface area contributed by atoms with Crippen molar-refractivity contribution in [3.8, 4) is 0 Å². The van der Waals surface area contributed by atoms with Crippen LogP contribution in [0.3, 0.4) is 0 Å². The molecular weight excluding hydrogens is 214 g/mol. The summed E-state index contributed by atoms with van der Waals surface area (Å²) < 4.78 is 0. The summed E-state index contributed by atoms with van der Waals surface area (Å²) in [5.41, 5.74) is 0.679. The number of rotatable bonds is 2. The van der Waals surface area contributed by atoms with Gasteiger partial charge in [-0.15, -0.1) is 0 Å². The number of anilines is 1. The van der Waals surface area contributed by atoms with Crippen molar-refractivity contribution in [2.75, 3.05) is 25.5 Å². The Labute approximate surface area is 102 Å². The number of carbonyl (C=O) groups is 1. The highest BCUT2D eigenvalue weighted by Gasteiger charge is 2.21. The van der Waals surface area contributed by atoms with Gasteiger partial charge in [-0.2, -0.15) is 0 Å². The molecule has 0 atom stereocenters. The molecule has 0 radical (unpaired) electrons. The molecule has 2 rings (SSSR count). The topological polar surface area (TPSA) is 45.2 Å². The van der Waals surface area contributed by atoms with E-state index in [1.165, 1.54) is 0 Å². The van der Waals surface area contributed by atoms with E-state index in [4.69, 9.17) is 0 Å². The first-order valence-electron chi connectivity index (χ1n) is 6.14. The fraction of sp³-hybridized carbons (Fsp3) is 0.538. The van der Waals surface area contributed by atoms with Gasteiger partial charge in [0.2, 0.25) is 0 Å². The zero-order valence-electron chi connectivity index (χ0n) is 10.4. The van der Waals surface area contributed by atoms with Crippen LogP contribution >= 0.6 is 0 Å². The third-order valence-corrected chi connectivity index (χ3v) is 3.34. The van der Waals surface area contributed by atoms with Crippen molar-refractivity contribution >= 4 is 11.7 Å². The van der Waals surface area contributed by atoms with Crippen LogP contribution in [-0.2, 0) is 0 Å². The van der Waals surface area contributed by atoms with Gasteiger partial charge in [0.05, 0.1) is 5.56 Å². The Balaban J connectivity index is 2.03. The maximum Gasteiger partial charge on any atom is 0.255 e. The van der Waals surface area contributed by atoms with Crippen LogP contribution in [0.15, 0.2) is 18.3 Å². The molecule has 92 valence electrons. The quantitative estimate of drug-likeness (QED) is 0.849. The molecule has 0 aromatic carbocycles. The Kier molecular flexibility index (Phi) is 3.61. The van der Waals surface area contributed by atoms with Crippen molar-refractivity contribution < 1.29 is 4.79 Å². The summed E-state index contributed by atoms with van der Waals surface area (Å²) in [6.07, 6.45) is 3.85. The van der Waals surface area contributed by atoms with E-state index in [1.54, 1.807) is 6.20 Å².